The SMILES string of the molecule is COCCCC[C@H](c1ccccc1)[C@H]1CN(C(=O)N[C@@H](C)CN(C)C2CCCCC2)CCO1. The number of carbonyl (C=O) groups is 1. The molecule has 186 valence electrons. The first-order valence-corrected chi connectivity index (χ1v) is 13.0. The highest BCUT2D eigenvalue weighted by Crippen LogP contribution is 2.30. The van der Waals surface area contributed by atoms with Gasteiger partial charge in [0.15, 0.2) is 0 Å². The summed E-state index contributed by atoms with van der Waals surface area (Å²) < 4.78 is 11.5. The van der Waals surface area contributed by atoms with Crippen LogP contribution in [0.1, 0.15) is 69.8 Å². The fraction of sp³-hybridized carbons (Fsp3) is 0.741. The van der Waals surface area contributed by atoms with Gasteiger partial charge in [0.05, 0.1) is 12.7 Å². The number of morpholine rings is 1. The second-order valence-electron chi connectivity index (χ2n) is 9.94. The molecule has 1 saturated carbocycles. The molecule has 0 spiro atoms. The molecule has 0 radical (unpaired) electrons. The van der Waals surface area contributed by atoms with E-state index in [1.165, 1.54) is 37.7 Å². The Balaban J connectivity index is 1.53. The number of amides is 2. The number of methoxy groups -OCH3 is 1. The molecule has 1 aromatic carbocycles. The van der Waals surface area contributed by atoms with E-state index in [1.807, 2.05) is 4.90 Å². The smallest absolute Gasteiger partial charge is 0.317 e. The summed E-state index contributed by atoms with van der Waals surface area (Å²) in [5.74, 6) is 0.286. The highest BCUT2D eigenvalue weighted by Gasteiger charge is 2.31. The van der Waals surface area contributed by atoms with Gasteiger partial charge < -0.3 is 24.6 Å². The third-order valence-electron chi connectivity index (χ3n) is 7.30. The lowest BCUT2D eigenvalue weighted by Gasteiger charge is -2.38. The molecular formula is C27H45N3O3. The Labute approximate surface area is 201 Å². The fourth-order valence-electron chi connectivity index (χ4n) is 5.43. The summed E-state index contributed by atoms with van der Waals surface area (Å²) in [6.07, 6.45) is 9.79. The molecule has 3 atom stereocenters. The molecule has 1 N–H and O–H groups in total. The number of hydrogen-bond acceptors (Lipinski definition) is 4. The Hall–Kier alpha value is -1.63. The molecule has 1 aliphatic heterocycles. The van der Waals surface area contributed by atoms with Crippen LogP contribution in [0.5, 0.6) is 0 Å². The van der Waals surface area contributed by atoms with Crippen LogP contribution >= 0.6 is 0 Å². The second kappa shape index (κ2) is 13.9. The van der Waals surface area contributed by atoms with E-state index in [0.717, 1.165) is 32.4 Å². The minimum absolute atomic E-state index is 0.0228. The lowest BCUT2D eigenvalue weighted by atomic mass is 9.87. The first-order valence-electron chi connectivity index (χ1n) is 13.0. The molecule has 0 unspecified atom stereocenters. The molecule has 1 heterocycles. The quantitative estimate of drug-likeness (QED) is 0.490. The molecule has 0 aromatic heterocycles. The Morgan fingerprint density at radius 3 is 2.70 bits per heavy atom. The maximum atomic E-state index is 13.1. The number of benzene rings is 1. The van der Waals surface area contributed by atoms with Gasteiger partial charge in [0.2, 0.25) is 0 Å². The summed E-state index contributed by atoms with van der Waals surface area (Å²) in [4.78, 5) is 17.5. The normalized spacial score (nSPS) is 21.7. The maximum absolute atomic E-state index is 13.1. The summed E-state index contributed by atoms with van der Waals surface area (Å²) >= 11 is 0. The van der Waals surface area contributed by atoms with Gasteiger partial charge >= 0.3 is 6.03 Å². The van der Waals surface area contributed by atoms with Crippen molar-refractivity contribution in [3.05, 3.63) is 35.9 Å². The number of urea groups is 1. The molecule has 33 heavy (non-hydrogen) atoms. The van der Waals surface area contributed by atoms with E-state index in [9.17, 15) is 4.79 Å². The van der Waals surface area contributed by atoms with Crippen LogP contribution in [0.25, 0.3) is 0 Å². The van der Waals surface area contributed by atoms with Crippen molar-refractivity contribution in [1.82, 2.24) is 15.1 Å². The van der Waals surface area contributed by atoms with Crippen LogP contribution in [0.4, 0.5) is 4.79 Å². The Bertz CT molecular complexity index is 680. The van der Waals surface area contributed by atoms with E-state index >= 15 is 0 Å². The van der Waals surface area contributed by atoms with Crippen molar-refractivity contribution in [1.29, 1.82) is 0 Å². The van der Waals surface area contributed by atoms with Crippen molar-refractivity contribution in [2.24, 2.45) is 0 Å². The highest BCUT2D eigenvalue weighted by atomic mass is 16.5. The van der Waals surface area contributed by atoms with Crippen LogP contribution in [0.15, 0.2) is 30.3 Å². The number of rotatable bonds is 11. The lowest BCUT2D eigenvalue weighted by molar-refractivity contribution is -0.0303. The van der Waals surface area contributed by atoms with Gasteiger partial charge in [0, 0.05) is 51.4 Å². The average molecular weight is 460 g/mol. The van der Waals surface area contributed by atoms with E-state index in [0.29, 0.717) is 25.7 Å². The van der Waals surface area contributed by atoms with Gasteiger partial charge in [-0.05, 0) is 45.2 Å². The molecule has 1 saturated heterocycles. The van der Waals surface area contributed by atoms with Gasteiger partial charge in [0.1, 0.15) is 0 Å². The van der Waals surface area contributed by atoms with Gasteiger partial charge in [-0.1, -0.05) is 56.0 Å². The van der Waals surface area contributed by atoms with Crippen molar-refractivity contribution >= 4 is 6.03 Å². The predicted molar refractivity (Wildman–Crippen MR) is 134 cm³/mol. The first-order chi connectivity index (χ1) is 16.1. The van der Waals surface area contributed by atoms with E-state index in [2.05, 4.69) is 54.5 Å². The maximum Gasteiger partial charge on any atom is 0.317 e. The monoisotopic (exact) mass is 459 g/mol. The van der Waals surface area contributed by atoms with Crippen LogP contribution < -0.4 is 5.32 Å². The molecule has 6 nitrogen and oxygen atoms in total. The number of likely N-dealkylation sites (N-methyl/N-ethyl adjacent to an activating group) is 1. The zero-order chi connectivity index (χ0) is 23.5. The van der Waals surface area contributed by atoms with Crippen molar-refractivity contribution in [2.45, 2.75) is 82.4 Å². The molecule has 6 heteroatoms. The van der Waals surface area contributed by atoms with E-state index in [-0.39, 0.29) is 24.1 Å². The summed E-state index contributed by atoms with van der Waals surface area (Å²) in [5.41, 5.74) is 1.30. The van der Waals surface area contributed by atoms with Crippen LogP contribution in [-0.4, -0.2) is 81.0 Å². The summed E-state index contributed by atoms with van der Waals surface area (Å²) in [7, 11) is 3.96. The number of unbranched alkanes of at least 4 members (excludes halogenated alkanes) is 1. The number of hydrogen-bond donors (Lipinski definition) is 1. The molecular weight excluding hydrogens is 414 g/mol. The molecule has 1 aliphatic carbocycles. The molecule has 2 amide bonds. The highest BCUT2D eigenvalue weighted by molar-refractivity contribution is 5.74. The van der Waals surface area contributed by atoms with Crippen LogP contribution in [0.2, 0.25) is 0 Å². The second-order valence-corrected chi connectivity index (χ2v) is 9.94. The van der Waals surface area contributed by atoms with Crippen molar-refractivity contribution < 1.29 is 14.3 Å². The largest absolute Gasteiger partial charge is 0.385 e. The topological polar surface area (TPSA) is 54.0 Å². The van der Waals surface area contributed by atoms with Crippen molar-refractivity contribution in [3.63, 3.8) is 0 Å². The summed E-state index contributed by atoms with van der Waals surface area (Å²) in [6, 6.07) is 11.4. The predicted octanol–water partition coefficient (Wildman–Crippen LogP) is 4.65. The number of carbonyl (C=O) groups excluding carboxylic acids is 1. The minimum Gasteiger partial charge on any atom is -0.385 e. The van der Waals surface area contributed by atoms with Crippen LogP contribution in [0, 0.1) is 0 Å². The zero-order valence-corrected chi connectivity index (χ0v) is 21.0. The van der Waals surface area contributed by atoms with Crippen LogP contribution in [-0.2, 0) is 9.47 Å². The molecule has 2 fully saturated rings. The van der Waals surface area contributed by atoms with E-state index in [4.69, 9.17) is 9.47 Å². The minimum atomic E-state index is 0.0228. The third-order valence-corrected chi connectivity index (χ3v) is 7.30. The van der Waals surface area contributed by atoms with Gasteiger partial charge in [-0.3, -0.25) is 0 Å². The molecule has 1 aromatic rings. The first kappa shape index (κ1) is 26.0. The van der Waals surface area contributed by atoms with E-state index < -0.39 is 0 Å². The van der Waals surface area contributed by atoms with Gasteiger partial charge in [0.25, 0.3) is 0 Å². The average Bonchev–Trinajstić information content (AvgIpc) is 2.85. The van der Waals surface area contributed by atoms with Crippen molar-refractivity contribution in [3.8, 4) is 0 Å². The van der Waals surface area contributed by atoms with Gasteiger partial charge in [-0.2, -0.15) is 0 Å². The standard InChI is InChI=1S/C27H45N3O3/c1-22(20-29(2)24-14-8-5-9-15-24)28-27(31)30-17-19-33-26(21-30)25(16-10-11-18-32-3)23-12-6-4-7-13-23/h4,6-7,12-13,22,24-26H,5,8-11,14-21H2,1-3H3,(H,28,31)/t22-,25+,26+/m0/s1. The molecule has 0 bridgehead atoms. The van der Waals surface area contributed by atoms with Crippen molar-refractivity contribution in [2.75, 3.05) is 47.0 Å². The fourth-order valence-corrected chi connectivity index (χ4v) is 5.43. The Kier molecular flexibility index (Phi) is 11.0. The number of ether oxygens (including phenoxy) is 2. The number of nitrogens with zero attached hydrogens (tertiary/aromatic N) is 2. The lowest BCUT2D eigenvalue weighted by Crippen LogP contribution is -2.54. The van der Waals surface area contributed by atoms with Gasteiger partial charge in [-0.25, -0.2) is 4.79 Å². The molecule has 3 rings (SSSR count). The Morgan fingerprint density at radius 1 is 1.21 bits per heavy atom. The van der Waals surface area contributed by atoms with E-state index in [1.54, 1.807) is 7.11 Å². The summed E-state index contributed by atoms with van der Waals surface area (Å²) in [6.45, 7) is 5.69. The van der Waals surface area contributed by atoms with Gasteiger partial charge in [-0.15, -0.1) is 0 Å². The Morgan fingerprint density at radius 2 is 1.97 bits per heavy atom. The summed E-state index contributed by atoms with van der Waals surface area (Å²) in [5, 5.41) is 3.25. The zero-order valence-electron chi connectivity index (χ0n) is 21.0. The number of nitrogens with one attached hydrogen (secondary N) is 1. The third kappa shape index (κ3) is 8.27. The molecule has 2 aliphatic rings. The van der Waals surface area contributed by atoms with Crippen LogP contribution in [0.3, 0.4) is 0 Å².